The number of esters is 2. The summed E-state index contributed by atoms with van der Waals surface area (Å²) in [7, 11) is 2.28. The average molecular weight is 271 g/mol. The Morgan fingerprint density at radius 2 is 2.00 bits per heavy atom. The van der Waals surface area contributed by atoms with Crippen molar-refractivity contribution in [1.82, 2.24) is 5.32 Å². The van der Waals surface area contributed by atoms with Crippen molar-refractivity contribution in [3.8, 4) is 0 Å². The molecular formula is C11H13NO5S. The molecule has 7 heteroatoms. The molecule has 1 rings (SSSR count). The van der Waals surface area contributed by atoms with E-state index in [1.54, 1.807) is 16.8 Å². The van der Waals surface area contributed by atoms with Crippen LogP contribution in [0.15, 0.2) is 16.8 Å². The second kappa shape index (κ2) is 6.15. The minimum absolute atomic E-state index is 0.0193. The van der Waals surface area contributed by atoms with E-state index in [0.717, 1.165) is 19.8 Å². The Labute approximate surface area is 108 Å². The number of thiophene rings is 1. The fraction of sp³-hybridized carbons (Fsp3) is 0.364. The molecule has 0 aliphatic carbocycles. The van der Waals surface area contributed by atoms with E-state index in [4.69, 9.17) is 0 Å². The summed E-state index contributed by atoms with van der Waals surface area (Å²) in [6, 6.07) is 1.75. The van der Waals surface area contributed by atoms with Crippen molar-refractivity contribution in [2.75, 3.05) is 14.2 Å². The normalized spacial score (nSPS) is 10.6. The predicted octanol–water partition coefficient (Wildman–Crippen LogP) is 0.121. The lowest BCUT2D eigenvalue weighted by atomic mass is 9.92. The van der Waals surface area contributed by atoms with Crippen LogP contribution in [0.4, 0.5) is 0 Å². The van der Waals surface area contributed by atoms with E-state index in [2.05, 4.69) is 14.8 Å². The molecule has 0 radical (unpaired) electrons. The van der Waals surface area contributed by atoms with E-state index in [0.29, 0.717) is 0 Å². The maximum absolute atomic E-state index is 11.8. The molecular weight excluding hydrogens is 258 g/mol. The molecule has 0 fully saturated rings. The van der Waals surface area contributed by atoms with Gasteiger partial charge in [0.15, 0.2) is 0 Å². The molecule has 1 N–H and O–H groups in total. The third-order valence-electron chi connectivity index (χ3n) is 2.42. The predicted molar refractivity (Wildman–Crippen MR) is 64.0 cm³/mol. The van der Waals surface area contributed by atoms with E-state index >= 15 is 0 Å². The standard InChI is InChI=1S/C11H13NO5S/c1-16-9(14)11(12-7-13,10(15)17-2)5-8-3-4-18-6-8/h3-4,6-7H,5H2,1-2H3,(H,12,13). The van der Waals surface area contributed by atoms with Crippen molar-refractivity contribution >= 4 is 29.7 Å². The van der Waals surface area contributed by atoms with Crippen molar-refractivity contribution in [2.45, 2.75) is 12.0 Å². The molecule has 0 atom stereocenters. The zero-order valence-corrected chi connectivity index (χ0v) is 10.8. The topological polar surface area (TPSA) is 81.7 Å². The molecule has 1 aromatic rings. The number of rotatable bonds is 6. The number of hydrogen-bond acceptors (Lipinski definition) is 6. The second-order valence-electron chi connectivity index (χ2n) is 3.46. The lowest BCUT2D eigenvalue weighted by Gasteiger charge is -2.26. The summed E-state index contributed by atoms with van der Waals surface area (Å²) in [6.07, 6.45) is 0.259. The highest BCUT2D eigenvalue weighted by atomic mass is 32.1. The van der Waals surface area contributed by atoms with Gasteiger partial charge in [-0.25, -0.2) is 9.59 Å². The third kappa shape index (κ3) is 2.67. The monoisotopic (exact) mass is 271 g/mol. The Balaban J connectivity index is 3.14. The van der Waals surface area contributed by atoms with Gasteiger partial charge in [-0.2, -0.15) is 11.3 Å². The molecule has 0 saturated heterocycles. The Kier molecular flexibility index (Phi) is 4.85. The van der Waals surface area contributed by atoms with E-state index in [9.17, 15) is 14.4 Å². The third-order valence-corrected chi connectivity index (χ3v) is 3.15. The fourth-order valence-electron chi connectivity index (χ4n) is 1.55. The van der Waals surface area contributed by atoms with Crippen LogP contribution in [-0.4, -0.2) is 38.1 Å². The summed E-state index contributed by atoms with van der Waals surface area (Å²) in [5, 5.41) is 5.78. The quantitative estimate of drug-likeness (QED) is 0.451. The summed E-state index contributed by atoms with van der Waals surface area (Å²) in [6.45, 7) is 0. The maximum Gasteiger partial charge on any atom is 0.343 e. The van der Waals surface area contributed by atoms with Crippen LogP contribution < -0.4 is 5.32 Å². The van der Waals surface area contributed by atoms with Crippen molar-refractivity contribution in [3.63, 3.8) is 0 Å². The lowest BCUT2D eigenvalue weighted by Crippen LogP contribution is -2.60. The van der Waals surface area contributed by atoms with Gasteiger partial charge >= 0.3 is 11.9 Å². The van der Waals surface area contributed by atoms with Crippen molar-refractivity contribution < 1.29 is 23.9 Å². The van der Waals surface area contributed by atoms with Gasteiger partial charge in [-0.1, -0.05) is 0 Å². The van der Waals surface area contributed by atoms with Crippen LogP contribution in [0, 0.1) is 0 Å². The molecule has 18 heavy (non-hydrogen) atoms. The Bertz CT molecular complexity index is 413. The van der Waals surface area contributed by atoms with Gasteiger partial charge in [-0.3, -0.25) is 4.79 Å². The minimum atomic E-state index is -1.84. The molecule has 0 aliphatic heterocycles. The van der Waals surface area contributed by atoms with Crippen LogP contribution >= 0.6 is 11.3 Å². The number of nitrogens with one attached hydrogen (secondary N) is 1. The number of amides is 1. The first-order valence-electron chi connectivity index (χ1n) is 5.00. The minimum Gasteiger partial charge on any atom is -0.467 e. The number of carbonyl (C=O) groups is 3. The Morgan fingerprint density at radius 1 is 1.39 bits per heavy atom. The number of methoxy groups -OCH3 is 2. The van der Waals surface area contributed by atoms with Crippen LogP contribution in [0.1, 0.15) is 5.56 Å². The zero-order valence-electron chi connectivity index (χ0n) is 9.97. The first-order valence-corrected chi connectivity index (χ1v) is 5.94. The summed E-state index contributed by atoms with van der Waals surface area (Å²) < 4.78 is 9.16. The van der Waals surface area contributed by atoms with Gasteiger partial charge in [-0.15, -0.1) is 0 Å². The molecule has 0 aliphatic rings. The van der Waals surface area contributed by atoms with Gasteiger partial charge in [0, 0.05) is 6.42 Å². The molecule has 1 heterocycles. The van der Waals surface area contributed by atoms with Crippen LogP contribution in [0.2, 0.25) is 0 Å². The lowest BCUT2D eigenvalue weighted by molar-refractivity contribution is -0.164. The van der Waals surface area contributed by atoms with E-state index in [1.165, 1.54) is 11.3 Å². The molecule has 98 valence electrons. The summed E-state index contributed by atoms with van der Waals surface area (Å²) in [5.41, 5.74) is -1.11. The second-order valence-corrected chi connectivity index (χ2v) is 4.24. The van der Waals surface area contributed by atoms with Gasteiger partial charge in [0.1, 0.15) is 0 Å². The summed E-state index contributed by atoms with van der Waals surface area (Å²) in [4.78, 5) is 34.3. The van der Waals surface area contributed by atoms with Crippen LogP contribution in [0.3, 0.4) is 0 Å². The highest BCUT2D eigenvalue weighted by molar-refractivity contribution is 7.07. The molecule has 0 unspecified atom stereocenters. The molecule has 1 amide bonds. The van der Waals surface area contributed by atoms with Gasteiger partial charge < -0.3 is 14.8 Å². The van der Waals surface area contributed by atoms with Gasteiger partial charge in [-0.05, 0) is 22.4 Å². The van der Waals surface area contributed by atoms with E-state index in [1.807, 2.05) is 0 Å². The molecule has 0 aromatic carbocycles. The van der Waals surface area contributed by atoms with Crippen LogP contribution in [-0.2, 0) is 30.3 Å². The number of hydrogen-bond donors (Lipinski definition) is 1. The molecule has 0 bridgehead atoms. The van der Waals surface area contributed by atoms with Gasteiger partial charge in [0.2, 0.25) is 11.9 Å². The smallest absolute Gasteiger partial charge is 0.343 e. The molecule has 0 spiro atoms. The molecule has 6 nitrogen and oxygen atoms in total. The van der Waals surface area contributed by atoms with Crippen LogP contribution in [0.25, 0.3) is 0 Å². The largest absolute Gasteiger partial charge is 0.467 e. The maximum atomic E-state index is 11.8. The Hall–Kier alpha value is -1.89. The Morgan fingerprint density at radius 3 is 2.39 bits per heavy atom. The van der Waals surface area contributed by atoms with E-state index in [-0.39, 0.29) is 12.8 Å². The highest BCUT2D eigenvalue weighted by Gasteiger charge is 2.48. The van der Waals surface area contributed by atoms with Gasteiger partial charge in [0.05, 0.1) is 14.2 Å². The van der Waals surface area contributed by atoms with Crippen molar-refractivity contribution in [2.24, 2.45) is 0 Å². The van der Waals surface area contributed by atoms with Crippen LogP contribution in [0.5, 0.6) is 0 Å². The van der Waals surface area contributed by atoms with Crippen molar-refractivity contribution in [1.29, 1.82) is 0 Å². The van der Waals surface area contributed by atoms with Crippen molar-refractivity contribution in [3.05, 3.63) is 22.4 Å². The molecule has 0 saturated carbocycles. The zero-order chi connectivity index (χ0) is 13.6. The fourth-order valence-corrected chi connectivity index (χ4v) is 2.21. The first kappa shape index (κ1) is 14.2. The summed E-state index contributed by atoms with van der Waals surface area (Å²) >= 11 is 1.42. The highest BCUT2D eigenvalue weighted by Crippen LogP contribution is 2.19. The van der Waals surface area contributed by atoms with E-state index < -0.39 is 17.5 Å². The number of carbonyl (C=O) groups excluding carboxylic acids is 3. The average Bonchev–Trinajstić information content (AvgIpc) is 2.88. The first-order chi connectivity index (χ1) is 8.60. The summed E-state index contributed by atoms with van der Waals surface area (Å²) in [5.74, 6) is -1.74. The number of ether oxygens (including phenoxy) is 2. The van der Waals surface area contributed by atoms with Gasteiger partial charge in [0.25, 0.3) is 0 Å². The molecule has 1 aromatic heterocycles. The SMILES string of the molecule is COC(=O)C(Cc1ccsc1)(NC=O)C(=O)OC.